The number of nitrogens with zero attached hydrogens (tertiary/aromatic N) is 1. The van der Waals surface area contributed by atoms with Crippen LogP contribution in [0.4, 0.5) is 5.69 Å². The van der Waals surface area contributed by atoms with Crippen molar-refractivity contribution in [3.8, 4) is 0 Å². The Morgan fingerprint density at radius 1 is 1.19 bits per heavy atom. The van der Waals surface area contributed by atoms with E-state index in [1.54, 1.807) is 0 Å². The molecular weight excluding hydrogens is 348 g/mol. The van der Waals surface area contributed by atoms with Gasteiger partial charge in [-0.2, -0.15) is 0 Å². The highest BCUT2D eigenvalue weighted by molar-refractivity contribution is 7.92. The Labute approximate surface area is 157 Å². The summed E-state index contributed by atoms with van der Waals surface area (Å²) in [6.45, 7) is 4.88. The summed E-state index contributed by atoms with van der Waals surface area (Å²) in [6, 6.07) is 5.62. The first-order valence-electron chi connectivity index (χ1n) is 9.27. The lowest BCUT2D eigenvalue weighted by atomic mass is 10.00. The number of hydrogen-bond acceptors (Lipinski definition) is 3. The number of anilines is 1. The molecular formula is C20H30N2O3S. The van der Waals surface area contributed by atoms with Crippen LogP contribution in [0.1, 0.15) is 49.7 Å². The van der Waals surface area contributed by atoms with E-state index in [4.69, 9.17) is 0 Å². The molecule has 0 atom stereocenters. The van der Waals surface area contributed by atoms with Gasteiger partial charge in [0.05, 0.1) is 11.9 Å². The molecule has 0 heterocycles. The van der Waals surface area contributed by atoms with Crippen molar-refractivity contribution in [1.82, 2.24) is 5.32 Å². The van der Waals surface area contributed by atoms with E-state index in [1.807, 2.05) is 32.0 Å². The fourth-order valence-corrected chi connectivity index (χ4v) is 4.07. The van der Waals surface area contributed by atoms with E-state index >= 15 is 0 Å². The van der Waals surface area contributed by atoms with Crippen molar-refractivity contribution in [2.45, 2.75) is 52.4 Å². The normalized spacial score (nSPS) is 14.7. The summed E-state index contributed by atoms with van der Waals surface area (Å²) in [5.41, 5.74) is 4.13. The monoisotopic (exact) mass is 378 g/mol. The number of rotatable bonds is 8. The van der Waals surface area contributed by atoms with Crippen LogP contribution in [-0.4, -0.2) is 33.7 Å². The van der Waals surface area contributed by atoms with E-state index in [9.17, 15) is 13.2 Å². The van der Waals surface area contributed by atoms with Crippen LogP contribution in [0.25, 0.3) is 0 Å². The Kier molecular flexibility index (Phi) is 7.26. The van der Waals surface area contributed by atoms with E-state index in [2.05, 4.69) is 11.4 Å². The number of hydrogen-bond donors (Lipinski definition) is 1. The molecule has 0 unspecified atom stereocenters. The van der Waals surface area contributed by atoms with Gasteiger partial charge in [-0.25, -0.2) is 8.42 Å². The number of nitrogens with one attached hydrogen (secondary N) is 1. The highest BCUT2D eigenvalue weighted by atomic mass is 32.2. The van der Waals surface area contributed by atoms with Gasteiger partial charge >= 0.3 is 0 Å². The zero-order valence-electron chi connectivity index (χ0n) is 16.0. The first kappa shape index (κ1) is 20.5. The van der Waals surface area contributed by atoms with E-state index < -0.39 is 10.0 Å². The Morgan fingerprint density at radius 2 is 1.96 bits per heavy atom. The molecule has 1 aliphatic carbocycles. The lowest BCUT2D eigenvalue weighted by Gasteiger charge is -2.23. The van der Waals surface area contributed by atoms with E-state index in [0.717, 1.165) is 24.0 Å². The molecule has 1 aromatic carbocycles. The van der Waals surface area contributed by atoms with Gasteiger partial charge in [0.2, 0.25) is 15.9 Å². The van der Waals surface area contributed by atoms with Crippen molar-refractivity contribution in [3.63, 3.8) is 0 Å². The molecule has 0 aliphatic heterocycles. The molecule has 2 rings (SSSR count). The van der Waals surface area contributed by atoms with Gasteiger partial charge in [0, 0.05) is 19.5 Å². The summed E-state index contributed by atoms with van der Waals surface area (Å²) in [6.07, 6.45) is 8.83. The molecule has 0 aromatic heterocycles. The Balaban J connectivity index is 1.88. The lowest BCUT2D eigenvalue weighted by molar-refractivity contribution is -0.120. The molecule has 1 N–H and O–H groups in total. The van der Waals surface area contributed by atoms with Gasteiger partial charge < -0.3 is 5.32 Å². The van der Waals surface area contributed by atoms with Crippen LogP contribution in [0.2, 0.25) is 0 Å². The molecule has 5 nitrogen and oxygen atoms in total. The average Bonchev–Trinajstić information content (AvgIpc) is 2.59. The molecule has 6 heteroatoms. The molecule has 1 aromatic rings. The zero-order chi connectivity index (χ0) is 19.2. The molecule has 1 aliphatic rings. The average molecular weight is 379 g/mol. The second kappa shape index (κ2) is 9.21. The van der Waals surface area contributed by atoms with Crippen LogP contribution in [0.5, 0.6) is 0 Å². The predicted octanol–water partition coefficient (Wildman–Crippen LogP) is 3.47. The van der Waals surface area contributed by atoms with Gasteiger partial charge in [0.1, 0.15) is 0 Å². The summed E-state index contributed by atoms with van der Waals surface area (Å²) in [5.74, 6) is -0.0231. The number of amides is 1. The Hall–Kier alpha value is -1.82. The molecule has 0 bridgehead atoms. The molecule has 0 radical (unpaired) electrons. The Morgan fingerprint density at radius 3 is 2.58 bits per heavy atom. The molecule has 0 saturated carbocycles. The van der Waals surface area contributed by atoms with Crippen LogP contribution < -0.4 is 9.62 Å². The molecule has 26 heavy (non-hydrogen) atoms. The van der Waals surface area contributed by atoms with Gasteiger partial charge in [-0.3, -0.25) is 9.10 Å². The van der Waals surface area contributed by atoms with Crippen molar-refractivity contribution in [3.05, 3.63) is 41.0 Å². The minimum atomic E-state index is -3.38. The predicted molar refractivity (Wildman–Crippen MR) is 107 cm³/mol. The van der Waals surface area contributed by atoms with E-state index in [0.29, 0.717) is 31.6 Å². The molecule has 144 valence electrons. The fourth-order valence-electron chi connectivity index (χ4n) is 3.12. The van der Waals surface area contributed by atoms with Crippen molar-refractivity contribution < 1.29 is 13.2 Å². The number of sulfonamides is 1. The van der Waals surface area contributed by atoms with Crippen LogP contribution >= 0.6 is 0 Å². The van der Waals surface area contributed by atoms with Gasteiger partial charge in [-0.15, -0.1) is 0 Å². The Bertz CT molecular complexity index is 769. The van der Waals surface area contributed by atoms with Crippen molar-refractivity contribution in [1.29, 1.82) is 0 Å². The minimum Gasteiger partial charge on any atom is -0.352 e. The molecule has 1 amide bonds. The van der Waals surface area contributed by atoms with Crippen LogP contribution in [-0.2, 0) is 14.8 Å². The van der Waals surface area contributed by atoms with Crippen LogP contribution in [0.15, 0.2) is 29.8 Å². The fraction of sp³-hybridized carbons (Fsp3) is 0.550. The third-order valence-corrected chi connectivity index (χ3v) is 6.04. The number of aryl methyl sites for hydroxylation is 2. The summed E-state index contributed by atoms with van der Waals surface area (Å²) >= 11 is 0. The number of benzene rings is 1. The van der Waals surface area contributed by atoms with Crippen molar-refractivity contribution in [2.24, 2.45) is 0 Å². The zero-order valence-corrected chi connectivity index (χ0v) is 16.9. The summed E-state index contributed by atoms with van der Waals surface area (Å²) in [4.78, 5) is 12.0. The third kappa shape index (κ3) is 6.16. The van der Waals surface area contributed by atoms with E-state index in [1.165, 1.54) is 29.0 Å². The number of carbonyl (C=O) groups excluding carboxylic acids is 1. The number of allylic oxidation sites excluding steroid dienone is 1. The smallest absolute Gasteiger partial charge is 0.232 e. The third-order valence-electron chi connectivity index (χ3n) is 4.84. The van der Waals surface area contributed by atoms with Gasteiger partial charge in [0.15, 0.2) is 0 Å². The van der Waals surface area contributed by atoms with Crippen LogP contribution in [0, 0.1) is 13.8 Å². The van der Waals surface area contributed by atoms with Gasteiger partial charge in [-0.05, 0) is 69.2 Å². The highest BCUT2D eigenvalue weighted by Crippen LogP contribution is 2.22. The maximum atomic E-state index is 12.2. The summed E-state index contributed by atoms with van der Waals surface area (Å²) in [5, 5.41) is 2.95. The second-order valence-electron chi connectivity index (χ2n) is 7.09. The lowest BCUT2D eigenvalue weighted by Crippen LogP contribution is -2.32. The maximum Gasteiger partial charge on any atom is 0.232 e. The van der Waals surface area contributed by atoms with Gasteiger partial charge in [0.25, 0.3) is 0 Å². The topological polar surface area (TPSA) is 66.5 Å². The highest BCUT2D eigenvalue weighted by Gasteiger charge is 2.18. The molecule has 0 fully saturated rings. The maximum absolute atomic E-state index is 12.2. The van der Waals surface area contributed by atoms with Crippen molar-refractivity contribution >= 4 is 21.6 Å². The number of carbonyl (C=O) groups is 1. The minimum absolute atomic E-state index is 0.0231. The largest absolute Gasteiger partial charge is 0.352 e. The standard InChI is InChI=1S/C20H30N2O3S/c1-16-11-12-19(14-17(16)2)22(26(3,24)25)13-7-10-20(23)21-15-18-8-5-4-6-9-18/h8,11-12,14H,4-7,9-10,13,15H2,1-3H3,(H,21,23). The molecule has 0 spiro atoms. The van der Waals surface area contributed by atoms with E-state index in [-0.39, 0.29) is 5.91 Å². The molecule has 0 saturated heterocycles. The SMILES string of the molecule is Cc1ccc(N(CCCC(=O)NCC2=CCCCC2)S(C)(=O)=O)cc1C. The first-order valence-corrected chi connectivity index (χ1v) is 11.1. The summed E-state index contributed by atoms with van der Waals surface area (Å²) < 4.78 is 25.7. The van der Waals surface area contributed by atoms with Crippen molar-refractivity contribution in [2.75, 3.05) is 23.7 Å². The van der Waals surface area contributed by atoms with Crippen LogP contribution in [0.3, 0.4) is 0 Å². The second-order valence-corrected chi connectivity index (χ2v) is 9.00. The summed E-state index contributed by atoms with van der Waals surface area (Å²) in [7, 11) is -3.38. The quantitative estimate of drug-likeness (QED) is 0.705. The first-order chi connectivity index (χ1) is 12.3. The van der Waals surface area contributed by atoms with Gasteiger partial charge in [-0.1, -0.05) is 17.7 Å².